The SMILES string of the molecule is COC1CCCCC12C[C@@H](N)c1ccc(Br)cc1O2. The first-order valence-electron chi connectivity index (χ1n) is 6.91. The summed E-state index contributed by atoms with van der Waals surface area (Å²) in [6, 6.07) is 6.14. The number of hydrogen-bond acceptors (Lipinski definition) is 3. The molecule has 1 aromatic rings. The van der Waals surface area contributed by atoms with Crippen molar-refractivity contribution in [2.75, 3.05) is 7.11 Å². The maximum Gasteiger partial charge on any atom is 0.137 e. The fourth-order valence-electron chi connectivity index (χ4n) is 3.51. The van der Waals surface area contributed by atoms with Crippen molar-refractivity contribution in [3.05, 3.63) is 28.2 Å². The van der Waals surface area contributed by atoms with Crippen LogP contribution in [0.1, 0.15) is 43.7 Å². The highest BCUT2D eigenvalue weighted by Gasteiger charge is 2.47. The molecule has 1 aromatic carbocycles. The van der Waals surface area contributed by atoms with Crippen molar-refractivity contribution in [2.24, 2.45) is 5.73 Å². The van der Waals surface area contributed by atoms with Gasteiger partial charge in [-0.05, 0) is 31.4 Å². The first kappa shape index (κ1) is 13.4. The third kappa shape index (κ3) is 2.30. The van der Waals surface area contributed by atoms with Gasteiger partial charge in [0, 0.05) is 29.6 Å². The van der Waals surface area contributed by atoms with Crippen LogP contribution < -0.4 is 10.5 Å². The van der Waals surface area contributed by atoms with Crippen molar-refractivity contribution < 1.29 is 9.47 Å². The lowest BCUT2D eigenvalue weighted by Gasteiger charge is -2.47. The number of fused-ring (bicyclic) bond motifs is 1. The smallest absolute Gasteiger partial charge is 0.137 e. The molecule has 4 heteroatoms. The van der Waals surface area contributed by atoms with E-state index in [9.17, 15) is 0 Å². The Bertz CT molecular complexity index is 479. The first-order chi connectivity index (χ1) is 9.14. The molecule has 0 amide bonds. The minimum atomic E-state index is -0.236. The minimum Gasteiger partial charge on any atom is -0.484 e. The van der Waals surface area contributed by atoms with Crippen LogP contribution in [0.5, 0.6) is 5.75 Å². The highest BCUT2D eigenvalue weighted by molar-refractivity contribution is 9.10. The fraction of sp³-hybridized carbons (Fsp3) is 0.600. The molecule has 3 rings (SSSR count). The van der Waals surface area contributed by atoms with E-state index in [1.54, 1.807) is 7.11 Å². The Labute approximate surface area is 122 Å². The molecule has 1 spiro atoms. The standard InChI is InChI=1S/C15H20BrNO2/c1-18-14-4-2-3-7-15(14)9-12(17)11-6-5-10(16)8-13(11)19-15/h5-6,8,12,14H,2-4,7,9,17H2,1H3/t12-,14?,15?/m1/s1. The lowest BCUT2D eigenvalue weighted by atomic mass is 9.75. The average Bonchev–Trinajstić information content (AvgIpc) is 2.38. The largest absolute Gasteiger partial charge is 0.484 e. The van der Waals surface area contributed by atoms with E-state index in [0.29, 0.717) is 0 Å². The molecule has 19 heavy (non-hydrogen) atoms. The highest BCUT2D eigenvalue weighted by atomic mass is 79.9. The lowest BCUT2D eigenvalue weighted by molar-refractivity contribution is -0.114. The van der Waals surface area contributed by atoms with Gasteiger partial charge in [0.25, 0.3) is 0 Å². The summed E-state index contributed by atoms with van der Waals surface area (Å²) in [5.41, 5.74) is 7.24. The van der Waals surface area contributed by atoms with Gasteiger partial charge in [0.2, 0.25) is 0 Å². The van der Waals surface area contributed by atoms with Gasteiger partial charge in [-0.2, -0.15) is 0 Å². The molecule has 1 saturated carbocycles. The van der Waals surface area contributed by atoms with E-state index in [1.807, 2.05) is 12.1 Å². The van der Waals surface area contributed by atoms with Gasteiger partial charge in [-0.3, -0.25) is 0 Å². The molecule has 1 heterocycles. The quantitative estimate of drug-likeness (QED) is 0.858. The minimum absolute atomic E-state index is 0.0348. The van der Waals surface area contributed by atoms with Crippen LogP contribution in [0.15, 0.2) is 22.7 Å². The Kier molecular flexibility index (Phi) is 3.58. The summed E-state index contributed by atoms with van der Waals surface area (Å²) >= 11 is 3.50. The zero-order valence-electron chi connectivity index (χ0n) is 11.2. The van der Waals surface area contributed by atoms with E-state index in [4.69, 9.17) is 15.2 Å². The molecule has 0 saturated heterocycles. The van der Waals surface area contributed by atoms with E-state index >= 15 is 0 Å². The Hall–Kier alpha value is -0.580. The summed E-state index contributed by atoms with van der Waals surface area (Å²) < 4.78 is 13.1. The van der Waals surface area contributed by atoms with Gasteiger partial charge in [-0.1, -0.05) is 28.4 Å². The molecule has 1 aliphatic carbocycles. The molecule has 0 radical (unpaired) electrons. The summed E-state index contributed by atoms with van der Waals surface area (Å²) in [7, 11) is 1.78. The topological polar surface area (TPSA) is 44.5 Å². The molecule has 2 unspecified atom stereocenters. The van der Waals surface area contributed by atoms with Crippen LogP contribution >= 0.6 is 15.9 Å². The zero-order valence-corrected chi connectivity index (χ0v) is 12.8. The van der Waals surface area contributed by atoms with E-state index in [1.165, 1.54) is 12.8 Å². The van der Waals surface area contributed by atoms with Gasteiger partial charge >= 0.3 is 0 Å². The van der Waals surface area contributed by atoms with E-state index < -0.39 is 0 Å². The number of methoxy groups -OCH3 is 1. The molecule has 3 atom stereocenters. The van der Waals surface area contributed by atoms with Gasteiger partial charge in [-0.15, -0.1) is 0 Å². The van der Waals surface area contributed by atoms with Gasteiger partial charge in [-0.25, -0.2) is 0 Å². The van der Waals surface area contributed by atoms with Gasteiger partial charge in [0.1, 0.15) is 11.4 Å². The number of hydrogen-bond donors (Lipinski definition) is 1. The number of rotatable bonds is 1. The molecular formula is C15H20BrNO2. The van der Waals surface area contributed by atoms with Crippen molar-refractivity contribution in [3.63, 3.8) is 0 Å². The molecule has 1 fully saturated rings. The van der Waals surface area contributed by atoms with Crippen LogP contribution in [0, 0.1) is 0 Å². The molecule has 0 aromatic heterocycles. The maximum absolute atomic E-state index is 6.38. The second kappa shape index (κ2) is 5.08. The number of benzene rings is 1. The fourth-order valence-corrected chi connectivity index (χ4v) is 3.85. The third-order valence-electron chi connectivity index (χ3n) is 4.44. The predicted octanol–water partition coefficient (Wildman–Crippen LogP) is 3.56. The van der Waals surface area contributed by atoms with Crippen molar-refractivity contribution in [2.45, 2.75) is 49.9 Å². The summed E-state index contributed by atoms with van der Waals surface area (Å²) in [6.07, 6.45) is 5.50. The summed E-state index contributed by atoms with van der Waals surface area (Å²) in [6.45, 7) is 0. The Balaban J connectivity index is 1.98. The third-order valence-corrected chi connectivity index (χ3v) is 4.93. The summed E-state index contributed by atoms with van der Waals surface area (Å²) in [4.78, 5) is 0. The molecule has 104 valence electrons. The summed E-state index contributed by atoms with van der Waals surface area (Å²) in [5.74, 6) is 0.914. The Morgan fingerprint density at radius 2 is 2.26 bits per heavy atom. The highest BCUT2D eigenvalue weighted by Crippen LogP contribution is 2.46. The van der Waals surface area contributed by atoms with Gasteiger partial charge in [0.05, 0.1) is 6.10 Å². The van der Waals surface area contributed by atoms with Crippen molar-refractivity contribution in [3.8, 4) is 5.75 Å². The van der Waals surface area contributed by atoms with Crippen molar-refractivity contribution >= 4 is 15.9 Å². The van der Waals surface area contributed by atoms with E-state index in [2.05, 4.69) is 22.0 Å². The zero-order chi connectivity index (χ0) is 13.5. The molecule has 1 aliphatic heterocycles. The van der Waals surface area contributed by atoms with E-state index in [0.717, 1.165) is 35.0 Å². The van der Waals surface area contributed by atoms with Gasteiger partial charge in [0.15, 0.2) is 0 Å². The first-order valence-corrected chi connectivity index (χ1v) is 7.71. The molecule has 2 N–H and O–H groups in total. The van der Waals surface area contributed by atoms with Crippen LogP contribution in [0.25, 0.3) is 0 Å². The average molecular weight is 326 g/mol. The molecule has 3 nitrogen and oxygen atoms in total. The van der Waals surface area contributed by atoms with Crippen LogP contribution in [0.4, 0.5) is 0 Å². The number of nitrogens with two attached hydrogens (primary N) is 1. The predicted molar refractivity (Wildman–Crippen MR) is 78.3 cm³/mol. The molecular weight excluding hydrogens is 306 g/mol. The molecule has 0 bridgehead atoms. The van der Waals surface area contributed by atoms with Crippen LogP contribution in [-0.4, -0.2) is 18.8 Å². The normalized spacial score (nSPS) is 33.8. The van der Waals surface area contributed by atoms with E-state index in [-0.39, 0.29) is 17.7 Å². The van der Waals surface area contributed by atoms with Gasteiger partial charge < -0.3 is 15.2 Å². The van der Waals surface area contributed by atoms with Crippen LogP contribution in [0.3, 0.4) is 0 Å². The lowest BCUT2D eigenvalue weighted by Crippen LogP contribution is -2.54. The van der Waals surface area contributed by atoms with Crippen LogP contribution in [-0.2, 0) is 4.74 Å². The Morgan fingerprint density at radius 3 is 3.05 bits per heavy atom. The van der Waals surface area contributed by atoms with Crippen molar-refractivity contribution in [1.29, 1.82) is 0 Å². The number of halogens is 1. The molecule has 2 aliphatic rings. The maximum atomic E-state index is 6.38. The number of ether oxygens (including phenoxy) is 2. The van der Waals surface area contributed by atoms with Crippen molar-refractivity contribution in [1.82, 2.24) is 0 Å². The van der Waals surface area contributed by atoms with Crippen LogP contribution in [0.2, 0.25) is 0 Å². The second-order valence-electron chi connectivity index (χ2n) is 5.63. The summed E-state index contributed by atoms with van der Waals surface area (Å²) in [5, 5.41) is 0. The second-order valence-corrected chi connectivity index (χ2v) is 6.55. The Morgan fingerprint density at radius 1 is 1.42 bits per heavy atom. The monoisotopic (exact) mass is 325 g/mol.